The summed E-state index contributed by atoms with van der Waals surface area (Å²) >= 11 is 0. The van der Waals surface area contributed by atoms with Crippen LogP contribution in [0.4, 0.5) is 0 Å². The van der Waals surface area contributed by atoms with Gasteiger partial charge in [-0.25, -0.2) is 0 Å². The van der Waals surface area contributed by atoms with Gasteiger partial charge in [0.05, 0.1) is 0 Å². The molecule has 0 heterocycles. The standard InChI is InChI=1S/C68H130O6/c1-4-7-10-13-16-19-21-23-25-27-29-30-31-32-33-34-35-36-37-38-39-41-42-44-46-49-52-55-58-61-67(70)73-64-65(63-72-66(69)60-57-54-51-48-18-15-12-9-6-3)74-68(71)62-59-56-53-50-47-45-43-40-28-26-24-22-20-17-14-11-8-5-2/h26,28,65H,4-25,27,29-64H2,1-3H3/b28-26-. The molecule has 0 fully saturated rings. The van der Waals surface area contributed by atoms with Crippen molar-refractivity contribution < 1.29 is 28.6 Å². The number of carbonyl (C=O) groups excluding carboxylic acids is 3. The number of carbonyl (C=O) groups is 3. The van der Waals surface area contributed by atoms with Crippen LogP contribution in [0, 0.1) is 0 Å². The third kappa shape index (κ3) is 61.0. The molecular formula is C68H130O6. The van der Waals surface area contributed by atoms with E-state index in [-0.39, 0.29) is 31.1 Å². The SMILES string of the molecule is CCCCCCCCC/C=C\CCCCCCCCCC(=O)OC(COC(=O)CCCCCCCCCCC)COC(=O)CCCCCCCCCCCCCCCCCCCCCCCCCCCCCCC. The van der Waals surface area contributed by atoms with Crippen molar-refractivity contribution in [3.05, 3.63) is 12.2 Å². The summed E-state index contributed by atoms with van der Waals surface area (Å²) in [6.45, 7) is 6.69. The molecular weight excluding hydrogens is 913 g/mol. The van der Waals surface area contributed by atoms with E-state index in [1.165, 1.54) is 289 Å². The largest absolute Gasteiger partial charge is 0.462 e. The van der Waals surface area contributed by atoms with Gasteiger partial charge in [-0.05, 0) is 44.9 Å². The van der Waals surface area contributed by atoms with E-state index in [2.05, 4.69) is 32.9 Å². The van der Waals surface area contributed by atoms with Gasteiger partial charge in [-0.1, -0.05) is 335 Å². The first-order valence-corrected chi connectivity index (χ1v) is 33.7. The van der Waals surface area contributed by atoms with Crippen LogP contribution in [0.1, 0.15) is 387 Å². The molecule has 0 aromatic heterocycles. The van der Waals surface area contributed by atoms with Crippen LogP contribution in [0.3, 0.4) is 0 Å². The second kappa shape index (κ2) is 63.7. The van der Waals surface area contributed by atoms with Crippen LogP contribution in [0.25, 0.3) is 0 Å². The summed E-state index contributed by atoms with van der Waals surface area (Å²) in [5, 5.41) is 0. The Morgan fingerprint density at radius 3 is 0.676 bits per heavy atom. The van der Waals surface area contributed by atoms with Gasteiger partial charge in [0.2, 0.25) is 0 Å². The molecule has 0 radical (unpaired) electrons. The fourth-order valence-corrected chi connectivity index (χ4v) is 10.4. The van der Waals surface area contributed by atoms with E-state index >= 15 is 0 Å². The average molecular weight is 1040 g/mol. The van der Waals surface area contributed by atoms with Crippen molar-refractivity contribution in [3.8, 4) is 0 Å². The number of rotatable bonds is 63. The lowest BCUT2D eigenvalue weighted by Gasteiger charge is -2.18. The third-order valence-electron chi connectivity index (χ3n) is 15.5. The Bertz CT molecular complexity index is 1150. The Labute approximate surface area is 462 Å². The number of hydrogen-bond donors (Lipinski definition) is 0. The maximum Gasteiger partial charge on any atom is 0.306 e. The van der Waals surface area contributed by atoms with Gasteiger partial charge in [-0.2, -0.15) is 0 Å². The van der Waals surface area contributed by atoms with Gasteiger partial charge in [0.25, 0.3) is 0 Å². The minimum Gasteiger partial charge on any atom is -0.462 e. The molecule has 0 rings (SSSR count). The van der Waals surface area contributed by atoms with E-state index in [0.717, 1.165) is 57.8 Å². The monoisotopic (exact) mass is 1040 g/mol. The Kier molecular flexibility index (Phi) is 62.1. The number of hydrogen-bond acceptors (Lipinski definition) is 6. The molecule has 74 heavy (non-hydrogen) atoms. The van der Waals surface area contributed by atoms with Crippen molar-refractivity contribution in [1.82, 2.24) is 0 Å². The zero-order valence-electron chi connectivity index (χ0n) is 50.4. The predicted molar refractivity (Wildman–Crippen MR) is 321 cm³/mol. The molecule has 0 saturated heterocycles. The maximum atomic E-state index is 12.9. The highest BCUT2D eigenvalue weighted by atomic mass is 16.6. The minimum absolute atomic E-state index is 0.0657. The van der Waals surface area contributed by atoms with Crippen LogP contribution in [0.15, 0.2) is 12.2 Å². The summed E-state index contributed by atoms with van der Waals surface area (Å²) in [4.78, 5) is 38.2. The molecule has 1 atom stereocenters. The number of allylic oxidation sites excluding steroid dienone is 2. The fraction of sp³-hybridized carbons (Fsp3) is 0.926. The second-order valence-corrected chi connectivity index (χ2v) is 23.1. The van der Waals surface area contributed by atoms with Crippen LogP contribution >= 0.6 is 0 Å². The molecule has 0 amide bonds. The van der Waals surface area contributed by atoms with Gasteiger partial charge in [0, 0.05) is 19.3 Å². The number of ether oxygens (including phenoxy) is 3. The minimum atomic E-state index is -0.767. The quantitative estimate of drug-likeness (QED) is 0.0261. The lowest BCUT2D eigenvalue weighted by molar-refractivity contribution is -0.167. The predicted octanol–water partition coefficient (Wildman–Crippen LogP) is 22.8. The second-order valence-electron chi connectivity index (χ2n) is 23.1. The number of esters is 3. The fourth-order valence-electron chi connectivity index (χ4n) is 10.4. The highest BCUT2D eigenvalue weighted by Crippen LogP contribution is 2.19. The summed E-state index contributed by atoms with van der Waals surface area (Å²) in [7, 11) is 0. The van der Waals surface area contributed by atoms with Crippen LogP contribution in [-0.4, -0.2) is 37.2 Å². The Balaban J connectivity index is 4.06. The summed E-state index contributed by atoms with van der Waals surface area (Å²) in [5.41, 5.74) is 0. The molecule has 0 aromatic carbocycles. The Hall–Kier alpha value is -1.85. The smallest absolute Gasteiger partial charge is 0.306 e. The van der Waals surface area contributed by atoms with Crippen LogP contribution in [-0.2, 0) is 28.6 Å². The van der Waals surface area contributed by atoms with E-state index in [4.69, 9.17) is 14.2 Å². The lowest BCUT2D eigenvalue weighted by Crippen LogP contribution is -2.30. The highest BCUT2D eigenvalue weighted by Gasteiger charge is 2.19. The number of unbranched alkanes of at least 4 members (excludes halogenated alkanes) is 50. The molecule has 0 aromatic rings. The summed E-state index contributed by atoms with van der Waals surface area (Å²) in [5.74, 6) is -0.845. The lowest BCUT2D eigenvalue weighted by atomic mass is 10.0. The first-order chi connectivity index (χ1) is 36.5. The molecule has 0 aliphatic carbocycles. The van der Waals surface area contributed by atoms with Crippen LogP contribution in [0.2, 0.25) is 0 Å². The first-order valence-electron chi connectivity index (χ1n) is 33.7. The molecule has 6 heteroatoms. The summed E-state index contributed by atoms with van der Waals surface area (Å²) in [6, 6.07) is 0. The van der Waals surface area contributed by atoms with Crippen LogP contribution in [0.5, 0.6) is 0 Å². The van der Waals surface area contributed by atoms with Crippen LogP contribution < -0.4 is 0 Å². The molecule has 0 aliphatic heterocycles. The van der Waals surface area contributed by atoms with Crippen molar-refractivity contribution in [2.75, 3.05) is 13.2 Å². The van der Waals surface area contributed by atoms with Crippen molar-refractivity contribution in [2.45, 2.75) is 393 Å². The van der Waals surface area contributed by atoms with Gasteiger partial charge >= 0.3 is 17.9 Å². The van der Waals surface area contributed by atoms with E-state index in [1.54, 1.807) is 0 Å². The zero-order valence-corrected chi connectivity index (χ0v) is 50.4. The highest BCUT2D eigenvalue weighted by molar-refractivity contribution is 5.71. The first kappa shape index (κ1) is 72.2. The topological polar surface area (TPSA) is 78.9 Å². The average Bonchev–Trinajstić information content (AvgIpc) is 3.40. The van der Waals surface area contributed by atoms with Gasteiger partial charge < -0.3 is 14.2 Å². The Morgan fingerprint density at radius 2 is 0.446 bits per heavy atom. The molecule has 0 bridgehead atoms. The molecule has 0 N–H and O–H groups in total. The van der Waals surface area contributed by atoms with E-state index in [1.807, 2.05) is 0 Å². The van der Waals surface area contributed by atoms with Crippen molar-refractivity contribution in [2.24, 2.45) is 0 Å². The van der Waals surface area contributed by atoms with Gasteiger partial charge in [0.15, 0.2) is 6.10 Å². The van der Waals surface area contributed by atoms with E-state index in [0.29, 0.717) is 19.3 Å². The van der Waals surface area contributed by atoms with Crippen molar-refractivity contribution in [3.63, 3.8) is 0 Å². The Morgan fingerprint density at radius 1 is 0.257 bits per heavy atom. The normalized spacial score (nSPS) is 12.0. The van der Waals surface area contributed by atoms with Gasteiger partial charge in [-0.3, -0.25) is 14.4 Å². The maximum absolute atomic E-state index is 12.9. The third-order valence-corrected chi connectivity index (χ3v) is 15.5. The molecule has 0 saturated carbocycles. The van der Waals surface area contributed by atoms with Gasteiger partial charge in [-0.15, -0.1) is 0 Å². The molecule has 1 unspecified atom stereocenters. The molecule has 0 spiro atoms. The molecule has 438 valence electrons. The molecule has 0 aliphatic rings. The molecule has 6 nitrogen and oxygen atoms in total. The van der Waals surface area contributed by atoms with E-state index < -0.39 is 6.10 Å². The summed E-state index contributed by atoms with van der Waals surface area (Å²) < 4.78 is 16.9. The zero-order chi connectivity index (χ0) is 53.6. The van der Waals surface area contributed by atoms with Gasteiger partial charge in [0.1, 0.15) is 13.2 Å². The summed E-state index contributed by atoms with van der Waals surface area (Å²) in [6.07, 6.45) is 75.4. The van der Waals surface area contributed by atoms with Crippen molar-refractivity contribution in [1.29, 1.82) is 0 Å². The van der Waals surface area contributed by atoms with Crippen molar-refractivity contribution >= 4 is 17.9 Å². The van der Waals surface area contributed by atoms with E-state index in [9.17, 15) is 14.4 Å².